The molecule has 0 saturated carbocycles. The number of hydrogen-bond acceptors (Lipinski definition) is 5. The first-order valence-corrected chi connectivity index (χ1v) is 8.63. The van der Waals surface area contributed by atoms with E-state index < -0.39 is 0 Å². The molecule has 1 amide bonds. The second-order valence-electron chi connectivity index (χ2n) is 5.17. The van der Waals surface area contributed by atoms with Crippen molar-refractivity contribution in [1.29, 1.82) is 0 Å². The van der Waals surface area contributed by atoms with Gasteiger partial charge in [0.15, 0.2) is 0 Å². The summed E-state index contributed by atoms with van der Waals surface area (Å²) < 4.78 is 11.0. The Bertz CT molecular complexity index is 670. The number of nitrogens with zero attached hydrogens (tertiary/aromatic N) is 1. The zero-order chi connectivity index (χ0) is 16.1. The van der Waals surface area contributed by atoms with Crippen molar-refractivity contribution in [3.63, 3.8) is 0 Å². The summed E-state index contributed by atoms with van der Waals surface area (Å²) in [6.45, 7) is 1.27. The molecule has 1 saturated heterocycles. The lowest BCUT2D eigenvalue weighted by molar-refractivity contribution is 0.102. The fourth-order valence-electron chi connectivity index (χ4n) is 2.27. The van der Waals surface area contributed by atoms with E-state index >= 15 is 0 Å². The van der Waals surface area contributed by atoms with Gasteiger partial charge in [-0.3, -0.25) is 4.79 Å². The van der Waals surface area contributed by atoms with Gasteiger partial charge in [-0.1, -0.05) is 0 Å². The number of hydrogen-bond donors (Lipinski definition) is 1. The number of nitrogens with one attached hydrogen (secondary N) is 1. The lowest BCUT2D eigenvalue weighted by Gasteiger charge is -2.11. The minimum Gasteiger partial charge on any atom is -0.472 e. The van der Waals surface area contributed by atoms with Crippen molar-refractivity contribution in [2.45, 2.75) is 17.4 Å². The Hall–Kier alpha value is -2.05. The van der Waals surface area contributed by atoms with Gasteiger partial charge < -0.3 is 14.8 Å². The predicted octanol–water partition coefficient (Wildman–Crippen LogP) is 3.22. The van der Waals surface area contributed by atoms with Crippen LogP contribution in [0.15, 0.2) is 47.5 Å². The van der Waals surface area contributed by atoms with E-state index in [0.29, 0.717) is 24.7 Å². The molecule has 5 nitrogen and oxygen atoms in total. The molecular formula is C17H18N2O3S. The first-order valence-electron chi connectivity index (χ1n) is 7.40. The molecule has 1 atom stereocenters. The number of ether oxygens (including phenoxy) is 2. The number of aromatic nitrogens is 1. The van der Waals surface area contributed by atoms with Gasteiger partial charge in [0, 0.05) is 34.8 Å². The third-order valence-electron chi connectivity index (χ3n) is 3.52. The average molecular weight is 330 g/mol. The van der Waals surface area contributed by atoms with Crippen LogP contribution >= 0.6 is 11.8 Å². The van der Waals surface area contributed by atoms with Crippen molar-refractivity contribution < 1.29 is 14.3 Å². The standard InChI is InChI=1S/C17H18N2O3S/c1-23-15-4-2-13(3-5-15)19-17(20)12-6-8-18-16(10-12)22-14-7-9-21-11-14/h2-6,8,10,14H,7,9,11H2,1H3,(H,19,20). The lowest BCUT2D eigenvalue weighted by Crippen LogP contribution is -2.17. The van der Waals surface area contributed by atoms with Gasteiger partial charge in [-0.15, -0.1) is 11.8 Å². The first kappa shape index (κ1) is 15.8. The van der Waals surface area contributed by atoms with Gasteiger partial charge in [-0.25, -0.2) is 4.98 Å². The highest BCUT2D eigenvalue weighted by Crippen LogP contribution is 2.19. The third-order valence-corrected chi connectivity index (χ3v) is 4.26. The quantitative estimate of drug-likeness (QED) is 0.853. The molecule has 23 heavy (non-hydrogen) atoms. The molecule has 1 aliphatic heterocycles. The second-order valence-corrected chi connectivity index (χ2v) is 6.05. The highest BCUT2D eigenvalue weighted by atomic mass is 32.2. The number of pyridine rings is 1. The van der Waals surface area contributed by atoms with E-state index in [-0.39, 0.29) is 12.0 Å². The van der Waals surface area contributed by atoms with Crippen molar-refractivity contribution in [1.82, 2.24) is 4.98 Å². The molecule has 2 heterocycles. The van der Waals surface area contributed by atoms with E-state index in [9.17, 15) is 4.79 Å². The topological polar surface area (TPSA) is 60.5 Å². The van der Waals surface area contributed by atoms with E-state index in [2.05, 4.69) is 10.3 Å². The van der Waals surface area contributed by atoms with Crippen molar-refractivity contribution in [3.8, 4) is 5.88 Å². The lowest BCUT2D eigenvalue weighted by atomic mass is 10.2. The maximum absolute atomic E-state index is 12.3. The summed E-state index contributed by atoms with van der Waals surface area (Å²) in [7, 11) is 0. The van der Waals surface area contributed by atoms with Gasteiger partial charge in [0.05, 0.1) is 13.2 Å². The summed E-state index contributed by atoms with van der Waals surface area (Å²) in [6.07, 6.45) is 4.46. The van der Waals surface area contributed by atoms with E-state index in [4.69, 9.17) is 9.47 Å². The summed E-state index contributed by atoms with van der Waals surface area (Å²) in [5.74, 6) is 0.266. The highest BCUT2D eigenvalue weighted by molar-refractivity contribution is 7.98. The van der Waals surface area contributed by atoms with Crippen LogP contribution in [0.4, 0.5) is 5.69 Å². The van der Waals surface area contributed by atoms with Crippen molar-refractivity contribution >= 4 is 23.4 Å². The van der Waals surface area contributed by atoms with Gasteiger partial charge >= 0.3 is 0 Å². The van der Waals surface area contributed by atoms with Crippen molar-refractivity contribution in [2.75, 3.05) is 24.8 Å². The van der Waals surface area contributed by atoms with Crippen LogP contribution in [0.25, 0.3) is 0 Å². The third kappa shape index (κ3) is 4.24. The number of amides is 1. The average Bonchev–Trinajstić information content (AvgIpc) is 3.09. The predicted molar refractivity (Wildman–Crippen MR) is 90.3 cm³/mol. The molecule has 1 unspecified atom stereocenters. The van der Waals surface area contributed by atoms with Gasteiger partial charge in [-0.2, -0.15) is 0 Å². The van der Waals surface area contributed by atoms with Gasteiger partial charge in [0.1, 0.15) is 6.10 Å². The van der Waals surface area contributed by atoms with E-state index in [1.165, 1.54) is 0 Å². The molecule has 1 aromatic heterocycles. The fraction of sp³-hybridized carbons (Fsp3) is 0.294. The minimum atomic E-state index is -0.183. The number of thioether (sulfide) groups is 1. The van der Waals surface area contributed by atoms with Crippen LogP contribution in [0.1, 0.15) is 16.8 Å². The van der Waals surface area contributed by atoms with Crippen LogP contribution in [0.3, 0.4) is 0 Å². The van der Waals surface area contributed by atoms with Gasteiger partial charge in [-0.05, 0) is 36.6 Å². The number of benzene rings is 1. The Labute approximate surface area is 139 Å². The van der Waals surface area contributed by atoms with Crippen LogP contribution in [0.2, 0.25) is 0 Å². The van der Waals surface area contributed by atoms with Crippen LogP contribution in [-0.2, 0) is 4.74 Å². The molecule has 0 spiro atoms. The Balaban J connectivity index is 1.66. The summed E-state index contributed by atoms with van der Waals surface area (Å²) in [5, 5.41) is 2.87. The van der Waals surface area contributed by atoms with Crippen LogP contribution in [-0.4, -0.2) is 36.5 Å². The summed E-state index contributed by atoms with van der Waals surface area (Å²) >= 11 is 1.66. The number of rotatable bonds is 5. The molecule has 6 heteroatoms. The maximum atomic E-state index is 12.3. The molecule has 3 rings (SSSR count). The first-order chi connectivity index (χ1) is 11.2. The molecule has 0 bridgehead atoms. The largest absolute Gasteiger partial charge is 0.472 e. The SMILES string of the molecule is CSc1ccc(NC(=O)c2ccnc(OC3CCOC3)c2)cc1. The monoisotopic (exact) mass is 330 g/mol. The van der Waals surface area contributed by atoms with E-state index in [0.717, 1.165) is 17.0 Å². The second kappa shape index (κ2) is 7.48. The Kier molecular flexibility index (Phi) is 5.15. The number of anilines is 1. The summed E-state index contributed by atoms with van der Waals surface area (Å²) in [5.41, 5.74) is 1.28. The number of carbonyl (C=O) groups excluding carboxylic acids is 1. The molecule has 2 aromatic rings. The zero-order valence-corrected chi connectivity index (χ0v) is 13.6. The molecule has 1 N–H and O–H groups in total. The van der Waals surface area contributed by atoms with E-state index in [1.54, 1.807) is 30.1 Å². The minimum absolute atomic E-state index is 0.0138. The summed E-state index contributed by atoms with van der Waals surface area (Å²) in [6, 6.07) is 11.0. The highest BCUT2D eigenvalue weighted by Gasteiger charge is 2.18. The normalized spacial score (nSPS) is 17.0. The Morgan fingerprint density at radius 1 is 1.35 bits per heavy atom. The maximum Gasteiger partial charge on any atom is 0.255 e. The van der Waals surface area contributed by atoms with Crippen LogP contribution in [0.5, 0.6) is 5.88 Å². The van der Waals surface area contributed by atoms with E-state index in [1.807, 2.05) is 30.5 Å². The van der Waals surface area contributed by atoms with Gasteiger partial charge in [0.2, 0.25) is 5.88 Å². The Morgan fingerprint density at radius 2 is 2.17 bits per heavy atom. The Morgan fingerprint density at radius 3 is 2.87 bits per heavy atom. The van der Waals surface area contributed by atoms with Crippen molar-refractivity contribution in [3.05, 3.63) is 48.2 Å². The molecule has 0 radical (unpaired) electrons. The molecule has 1 aromatic carbocycles. The smallest absolute Gasteiger partial charge is 0.255 e. The summed E-state index contributed by atoms with van der Waals surface area (Å²) in [4.78, 5) is 17.6. The molecule has 120 valence electrons. The number of carbonyl (C=O) groups is 1. The fourth-order valence-corrected chi connectivity index (χ4v) is 2.68. The van der Waals surface area contributed by atoms with Crippen LogP contribution < -0.4 is 10.1 Å². The van der Waals surface area contributed by atoms with Crippen molar-refractivity contribution in [2.24, 2.45) is 0 Å². The molecule has 1 aliphatic rings. The van der Waals surface area contributed by atoms with Gasteiger partial charge in [0.25, 0.3) is 5.91 Å². The molecule has 1 fully saturated rings. The molecular weight excluding hydrogens is 312 g/mol. The van der Waals surface area contributed by atoms with Crippen LogP contribution in [0, 0.1) is 0 Å². The molecule has 0 aliphatic carbocycles. The zero-order valence-electron chi connectivity index (χ0n) is 12.8.